The van der Waals surface area contributed by atoms with Crippen LogP contribution in [0.1, 0.15) is 25.0 Å². The highest BCUT2D eigenvalue weighted by molar-refractivity contribution is 7.92. The molecule has 9 heteroatoms. The predicted molar refractivity (Wildman–Crippen MR) is 149 cm³/mol. The van der Waals surface area contributed by atoms with E-state index in [1.165, 1.54) is 24.1 Å². The van der Waals surface area contributed by atoms with Gasteiger partial charge in [-0.05, 0) is 57.0 Å². The fourth-order valence-corrected chi connectivity index (χ4v) is 5.43. The Morgan fingerprint density at radius 1 is 0.974 bits per heavy atom. The Labute approximate surface area is 225 Å². The summed E-state index contributed by atoms with van der Waals surface area (Å²) in [5.41, 5.74) is 2.20. The van der Waals surface area contributed by atoms with Crippen molar-refractivity contribution in [3.8, 4) is 5.75 Å². The second-order valence-corrected chi connectivity index (χ2v) is 10.8. The van der Waals surface area contributed by atoms with Crippen molar-refractivity contribution in [3.05, 3.63) is 90.0 Å². The summed E-state index contributed by atoms with van der Waals surface area (Å²) in [7, 11) is -2.63. The van der Waals surface area contributed by atoms with Gasteiger partial charge in [-0.25, -0.2) is 8.42 Å². The van der Waals surface area contributed by atoms with Gasteiger partial charge < -0.3 is 15.0 Å². The summed E-state index contributed by atoms with van der Waals surface area (Å²) >= 11 is 0. The number of hydrogen-bond donors (Lipinski definition) is 1. The molecule has 0 bridgehead atoms. The quantitative estimate of drug-likeness (QED) is 0.379. The third-order valence-corrected chi connectivity index (χ3v) is 8.02. The van der Waals surface area contributed by atoms with Crippen LogP contribution in [0.15, 0.2) is 83.8 Å². The second-order valence-electron chi connectivity index (χ2n) is 8.92. The molecule has 0 radical (unpaired) electrons. The first kappa shape index (κ1) is 28.7. The maximum absolute atomic E-state index is 13.8. The number of anilines is 1. The molecule has 1 N–H and O–H groups in total. The number of benzene rings is 3. The largest absolute Gasteiger partial charge is 0.497 e. The van der Waals surface area contributed by atoms with Crippen LogP contribution in [0.4, 0.5) is 5.69 Å². The average Bonchev–Trinajstić information content (AvgIpc) is 2.92. The van der Waals surface area contributed by atoms with Crippen molar-refractivity contribution >= 4 is 27.5 Å². The van der Waals surface area contributed by atoms with E-state index in [2.05, 4.69) is 5.32 Å². The Hall–Kier alpha value is -3.85. The molecular formula is C29H35N3O5S. The summed E-state index contributed by atoms with van der Waals surface area (Å²) in [4.78, 5) is 28.0. The lowest BCUT2D eigenvalue weighted by molar-refractivity contribution is -0.138. The molecule has 0 aliphatic carbocycles. The Balaban J connectivity index is 1.99. The third kappa shape index (κ3) is 7.13. The summed E-state index contributed by atoms with van der Waals surface area (Å²) in [6.45, 7) is 5.51. The first-order valence-corrected chi connectivity index (χ1v) is 14.0. The fraction of sp³-hybridized carbons (Fsp3) is 0.310. The lowest BCUT2D eigenvalue weighted by Crippen LogP contribution is -2.52. The Morgan fingerprint density at radius 3 is 2.29 bits per heavy atom. The molecule has 0 aliphatic heterocycles. The van der Waals surface area contributed by atoms with E-state index in [0.717, 1.165) is 15.4 Å². The Bertz CT molecular complexity index is 1330. The van der Waals surface area contributed by atoms with Gasteiger partial charge in [-0.2, -0.15) is 0 Å². The van der Waals surface area contributed by atoms with Crippen LogP contribution in [0, 0.1) is 6.92 Å². The Kier molecular flexibility index (Phi) is 9.90. The lowest BCUT2D eigenvalue weighted by atomic mass is 10.1. The summed E-state index contributed by atoms with van der Waals surface area (Å²) in [6, 6.07) is 21.8. The predicted octanol–water partition coefficient (Wildman–Crippen LogP) is 3.79. The molecule has 1 atom stereocenters. The molecule has 0 heterocycles. The maximum Gasteiger partial charge on any atom is 0.264 e. The maximum atomic E-state index is 13.8. The van der Waals surface area contributed by atoms with Crippen molar-refractivity contribution in [2.75, 3.05) is 31.0 Å². The molecule has 3 aromatic carbocycles. The third-order valence-electron chi connectivity index (χ3n) is 6.23. The molecule has 0 fully saturated rings. The van der Waals surface area contributed by atoms with Crippen LogP contribution < -0.4 is 14.4 Å². The summed E-state index contributed by atoms with van der Waals surface area (Å²) in [5.74, 6) is -0.336. The van der Waals surface area contributed by atoms with Crippen LogP contribution in [0.2, 0.25) is 0 Å². The molecule has 0 saturated carbocycles. The molecule has 0 aliphatic rings. The zero-order chi connectivity index (χ0) is 27.7. The van der Waals surface area contributed by atoms with Crippen LogP contribution >= 0.6 is 0 Å². The van der Waals surface area contributed by atoms with Gasteiger partial charge in [0, 0.05) is 19.2 Å². The number of aryl methyl sites for hydroxylation is 1. The summed E-state index contributed by atoms with van der Waals surface area (Å²) in [5, 5.41) is 2.76. The summed E-state index contributed by atoms with van der Waals surface area (Å²) in [6.07, 6.45) is 0.514. The van der Waals surface area contributed by atoms with E-state index in [1.807, 2.05) is 37.3 Å². The van der Waals surface area contributed by atoms with Crippen molar-refractivity contribution in [2.45, 2.75) is 38.1 Å². The molecule has 0 aromatic heterocycles. The van der Waals surface area contributed by atoms with Gasteiger partial charge >= 0.3 is 0 Å². The molecule has 202 valence electrons. The smallest absolute Gasteiger partial charge is 0.264 e. The van der Waals surface area contributed by atoms with E-state index in [9.17, 15) is 18.0 Å². The lowest BCUT2D eigenvalue weighted by Gasteiger charge is -2.32. The topological polar surface area (TPSA) is 96.0 Å². The van der Waals surface area contributed by atoms with Gasteiger partial charge in [0.05, 0.1) is 17.7 Å². The number of rotatable bonds is 12. The minimum atomic E-state index is -4.12. The minimum absolute atomic E-state index is 0.0614. The minimum Gasteiger partial charge on any atom is -0.497 e. The van der Waals surface area contributed by atoms with E-state index < -0.39 is 28.5 Å². The van der Waals surface area contributed by atoms with Crippen LogP contribution in [-0.2, 0) is 26.0 Å². The number of nitrogens with one attached hydrogen (secondary N) is 1. The zero-order valence-electron chi connectivity index (χ0n) is 22.3. The van der Waals surface area contributed by atoms with E-state index >= 15 is 0 Å². The molecule has 3 aromatic rings. The van der Waals surface area contributed by atoms with Crippen LogP contribution in [-0.4, -0.2) is 57.9 Å². The van der Waals surface area contributed by atoms with Crippen molar-refractivity contribution in [3.63, 3.8) is 0 Å². The van der Waals surface area contributed by atoms with Gasteiger partial charge in [0.25, 0.3) is 10.0 Å². The zero-order valence-corrected chi connectivity index (χ0v) is 23.1. The first-order chi connectivity index (χ1) is 18.2. The van der Waals surface area contributed by atoms with E-state index in [4.69, 9.17) is 4.74 Å². The summed E-state index contributed by atoms with van der Waals surface area (Å²) < 4.78 is 34.0. The van der Waals surface area contributed by atoms with Gasteiger partial charge in [-0.1, -0.05) is 54.1 Å². The number of carbonyl (C=O) groups is 2. The number of nitrogens with zero attached hydrogens (tertiary/aromatic N) is 2. The van der Waals surface area contributed by atoms with Crippen LogP contribution in [0.5, 0.6) is 5.75 Å². The van der Waals surface area contributed by atoms with E-state index in [0.29, 0.717) is 18.7 Å². The number of hydrogen-bond acceptors (Lipinski definition) is 5. The number of amides is 2. The molecule has 38 heavy (non-hydrogen) atoms. The highest BCUT2D eigenvalue weighted by Crippen LogP contribution is 2.27. The van der Waals surface area contributed by atoms with Gasteiger partial charge in [0.15, 0.2) is 0 Å². The van der Waals surface area contributed by atoms with Crippen LogP contribution in [0.3, 0.4) is 0 Å². The van der Waals surface area contributed by atoms with Gasteiger partial charge in [0.1, 0.15) is 18.3 Å². The fourth-order valence-electron chi connectivity index (χ4n) is 4.02. The SMILES string of the molecule is CCNC(=O)[C@H](C)N(CCc1ccccc1)C(=O)CN(c1cccc(OC)c1)S(=O)(=O)c1ccc(C)cc1. The molecule has 0 spiro atoms. The van der Waals surface area contributed by atoms with Crippen molar-refractivity contribution in [2.24, 2.45) is 0 Å². The van der Waals surface area contributed by atoms with E-state index in [-0.39, 0.29) is 23.0 Å². The van der Waals surface area contributed by atoms with Crippen molar-refractivity contribution in [1.82, 2.24) is 10.2 Å². The Morgan fingerprint density at radius 2 is 1.66 bits per heavy atom. The monoisotopic (exact) mass is 537 g/mol. The molecule has 0 saturated heterocycles. The average molecular weight is 538 g/mol. The van der Waals surface area contributed by atoms with Crippen molar-refractivity contribution < 1.29 is 22.7 Å². The van der Waals surface area contributed by atoms with E-state index in [1.54, 1.807) is 50.2 Å². The normalized spacial score (nSPS) is 11.9. The highest BCUT2D eigenvalue weighted by atomic mass is 32.2. The highest BCUT2D eigenvalue weighted by Gasteiger charge is 2.32. The molecule has 3 rings (SSSR count). The second kappa shape index (κ2) is 13.1. The molecule has 8 nitrogen and oxygen atoms in total. The van der Waals surface area contributed by atoms with Gasteiger partial charge in [0.2, 0.25) is 11.8 Å². The molecule has 2 amide bonds. The van der Waals surface area contributed by atoms with Crippen LogP contribution in [0.25, 0.3) is 0 Å². The first-order valence-electron chi connectivity index (χ1n) is 12.5. The number of carbonyl (C=O) groups excluding carboxylic acids is 2. The number of ether oxygens (including phenoxy) is 1. The standard InChI is InChI=1S/C29H35N3O5S/c1-5-30-29(34)23(3)31(19-18-24-10-7-6-8-11-24)28(33)21-32(25-12-9-13-26(20-25)37-4)38(35,36)27-16-14-22(2)15-17-27/h6-17,20,23H,5,18-19,21H2,1-4H3,(H,30,34)/t23-/m0/s1. The van der Waals surface area contributed by atoms with Crippen molar-refractivity contribution in [1.29, 1.82) is 0 Å². The van der Waals surface area contributed by atoms with Gasteiger partial charge in [-0.3, -0.25) is 13.9 Å². The van der Waals surface area contributed by atoms with Gasteiger partial charge in [-0.15, -0.1) is 0 Å². The number of likely N-dealkylation sites (N-methyl/N-ethyl adjacent to an activating group) is 1. The molecule has 0 unspecified atom stereocenters. The number of sulfonamides is 1. The number of methoxy groups -OCH3 is 1. The molecular weight excluding hydrogens is 502 g/mol.